The third-order valence-corrected chi connectivity index (χ3v) is 7.51. The van der Waals surface area contributed by atoms with Crippen LogP contribution >= 0.6 is 11.6 Å². The molecule has 0 unspecified atom stereocenters. The number of anilines is 1. The molecule has 0 spiro atoms. The monoisotopic (exact) mass is 505 g/mol. The first kappa shape index (κ1) is 24.2. The van der Waals surface area contributed by atoms with Gasteiger partial charge in [0.15, 0.2) is 0 Å². The molecule has 3 aromatic rings. The van der Waals surface area contributed by atoms with Crippen LogP contribution in [-0.2, 0) is 14.8 Å². The molecule has 2 aromatic carbocycles. The summed E-state index contributed by atoms with van der Waals surface area (Å²) in [6.45, 7) is 7.60. The zero-order chi connectivity index (χ0) is 24.7. The van der Waals surface area contributed by atoms with Gasteiger partial charge in [0.1, 0.15) is 11.4 Å². The predicted octanol–water partition coefficient (Wildman–Crippen LogP) is 4.60. The second-order valence-electron chi connectivity index (χ2n) is 9.08. The van der Waals surface area contributed by atoms with Crippen molar-refractivity contribution < 1.29 is 22.7 Å². The number of aromatic nitrogens is 1. The van der Waals surface area contributed by atoms with E-state index < -0.39 is 15.6 Å². The molecule has 0 atom stereocenters. The normalized spacial score (nSPS) is 15.0. The van der Waals surface area contributed by atoms with Crippen LogP contribution in [0.3, 0.4) is 0 Å². The maximum Gasteiger partial charge on any atom is 0.410 e. The summed E-state index contributed by atoms with van der Waals surface area (Å²) in [6.07, 6.45) is 1.21. The summed E-state index contributed by atoms with van der Waals surface area (Å²) in [5.74, 6) is 0.635. The molecule has 0 bridgehead atoms. The Kier molecular flexibility index (Phi) is 6.44. The molecule has 8 nitrogen and oxygen atoms in total. The number of rotatable bonds is 4. The lowest BCUT2D eigenvalue weighted by Crippen LogP contribution is -2.50. The maximum atomic E-state index is 13.3. The van der Waals surface area contributed by atoms with Crippen molar-refractivity contribution in [2.75, 3.05) is 38.2 Å². The smallest absolute Gasteiger partial charge is 0.410 e. The van der Waals surface area contributed by atoms with Crippen LogP contribution in [0.25, 0.3) is 10.9 Å². The zero-order valence-corrected chi connectivity index (χ0v) is 21.2. The SMILES string of the molecule is COc1ccc2c(ccn2S(=O)(=O)c2cccc(Cl)c2)c1N1CCN(C(=O)OC(C)(C)C)CC1. The Hall–Kier alpha value is -2.91. The Labute approximate surface area is 204 Å². The number of benzene rings is 2. The highest BCUT2D eigenvalue weighted by molar-refractivity contribution is 7.90. The summed E-state index contributed by atoms with van der Waals surface area (Å²) in [5.41, 5.74) is 0.773. The lowest BCUT2D eigenvalue weighted by atomic mass is 10.1. The fraction of sp³-hybridized carbons (Fsp3) is 0.375. The summed E-state index contributed by atoms with van der Waals surface area (Å²) in [7, 11) is -2.26. The molecule has 0 aliphatic carbocycles. The standard InChI is InChI=1S/C24H28ClN3O5S/c1-24(2,3)33-23(29)27-14-12-26(13-15-27)22-19-10-11-28(20(19)8-9-21(22)32-4)34(30,31)18-7-5-6-17(25)16-18/h5-11,16H,12-15H2,1-4H3. The van der Waals surface area contributed by atoms with Crippen molar-refractivity contribution in [2.24, 2.45) is 0 Å². The van der Waals surface area contributed by atoms with Gasteiger partial charge in [-0.1, -0.05) is 17.7 Å². The average molecular weight is 506 g/mol. The fourth-order valence-corrected chi connectivity index (χ4v) is 5.68. The molecule has 2 heterocycles. The van der Waals surface area contributed by atoms with Crippen molar-refractivity contribution in [1.82, 2.24) is 8.87 Å². The average Bonchev–Trinajstić information content (AvgIpc) is 3.22. The molecule has 4 rings (SSSR count). The van der Waals surface area contributed by atoms with E-state index in [1.54, 1.807) is 48.5 Å². The number of carbonyl (C=O) groups excluding carboxylic acids is 1. The van der Waals surface area contributed by atoms with Gasteiger partial charge in [-0.3, -0.25) is 0 Å². The molecule has 1 aromatic heterocycles. The van der Waals surface area contributed by atoms with Gasteiger partial charge in [-0.2, -0.15) is 0 Å². The molecule has 1 aliphatic rings. The molecule has 1 saturated heterocycles. The van der Waals surface area contributed by atoms with Crippen molar-refractivity contribution in [1.29, 1.82) is 0 Å². The number of methoxy groups -OCH3 is 1. The highest BCUT2D eigenvalue weighted by atomic mass is 35.5. The van der Waals surface area contributed by atoms with Gasteiger partial charge in [0, 0.05) is 42.8 Å². The Morgan fingerprint density at radius 1 is 1.03 bits per heavy atom. The zero-order valence-electron chi connectivity index (χ0n) is 19.6. The number of hydrogen-bond acceptors (Lipinski definition) is 6. The molecule has 0 N–H and O–H groups in total. The summed E-state index contributed by atoms with van der Waals surface area (Å²) >= 11 is 6.03. The van der Waals surface area contributed by atoms with Crippen LogP contribution in [0.1, 0.15) is 20.8 Å². The minimum Gasteiger partial charge on any atom is -0.495 e. The highest BCUT2D eigenvalue weighted by Gasteiger charge is 2.29. The Morgan fingerprint density at radius 2 is 1.74 bits per heavy atom. The Balaban J connectivity index is 1.67. The van der Waals surface area contributed by atoms with Gasteiger partial charge in [0.05, 0.1) is 23.2 Å². The summed E-state index contributed by atoms with van der Waals surface area (Å²) in [4.78, 5) is 16.4. The van der Waals surface area contributed by atoms with Gasteiger partial charge in [-0.25, -0.2) is 17.2 Å². The number of hydrogen-bond donors (Lipinski definition) is 0. The van der Waals surface area contributed by atoms with Crippen LogP contribution in [0, 0.1) is 0 Å². The number of halogens is 1. The number of fused-ring (bicyclic) bond motifs is 1. The summed E-state index contributed by atoms with van der Waals surface area (Å²) in [5, 5.41) is 1.10. The van der Waals surface area contributed by atoms with Crippen LogP contribution in [0.5, 0.6) is 5.75 Å². The van der Waals surface area contributed by atoms with Crippen LogP contribution in [-0.4, -0.2) is 62.3 Å². The third-order valence-electron chi connectivity index (χ3n) is 5.59. The largest absolute Gasteiger partial charge is 0.495 e. The quantitative estimate of drug-likeness (QED) is 0.515. The van der Waals surface area contributed by atoms with Gasteiger partial charge < -0.3 is 19.3 Å². The first-order valence-corrected chi connectivity index (χ1v) is 12.7. The predicted molar refractivity (Wildman–Crippen MR) is 133 cm³/mol. The van der Waals surface area contributed by atoms with Crippen LogP contribution in [0.15, 0.2) is 53.6 Å². The molecule has 1 aliphatic heterocycles. The minimum absolute atomic E-state index is 0.112. The van der Waals surface area contributed by atoms with Crippen LogP contribution < -0.4 is 9.64 Å². The van der Waals surface area contributed by atoms with Crippen molar-refractivity contribution in [3.63, 3.8) is 0 Å². The van der Waals surface area contributed by atoms with Gasteiger partial charge in [0.25, 0.3) is 10.0 Å². The number of amides is 1. The number of nitrogens with zero attached hydrogens (tertiary/aromatic N) is 3. The Morgan fingerprint density at radius 3 is 2.35 bits per heavy atom. The third kappa shape index (κ3) is 4.67. The van der Waals surface area contributed by atoms with E-state index in [0.717, 1.165) is 11.1 Å². The topological polar surface area (TPSA) is 81.1 Å². The van der Waals surface area contributed by atoms with E-state index in [1.165, 1.54) is 16.1 Å². The first-order valence-electron chi connectivity index (χ1n) is 10.9. The van der Waals surface area contributed by atoms with Gasteiger partial charge >= 0.3 is 6.09 Å². The van der Waals surface area contributed by atoms with E-state index in [4.69, 9.17) is 21.1 Å². The van der Waals surface area contributed by atoms with Crippen molar-refractivity contribution >= 4 is 44.3 Å². The molecular formula is C24H28ClN3O5S. The van der Waals surface area contributed by atoms with E-state index in [1.807, 2.05) is 20.8 Å². The molecule has 0 radical (unpaired) electrons. The molecule has 34 heavy (non-hydrogen) atoms. The fourth-order valence-electron chi connectivity index (χ4n) is 4.04. The second-order valence-corrected chi connectivity index (χ2v) is 11.3. The number of carbonyl (C=O) groups is 1. The van der Waals surface area contributed by atoms with E-state index >= 15 is 0 Å². The molecule has 182 valence electrons. The Bertz CT molecular complexity index is 1320. The van der Waals surface area contributed by atoms with E-state index in [-0.39, 0.29) is 11.0 Å². The lowest BCUT2D eigenvalue weighted by Gasteiger charge is -2.37. The maximum absolute atomic E-state index is 13.3. The van der Waals surface area contributed by atoms with Crippen LogP contribution in [0.4, 0.5) is 10.5 Å². The molecular weight excluding hydrogens is 478 g/mol. The molecule has 1 fully saturated rings. The van der Waals surface area contributed by atoms with Crippen molar-refractivity contribution in [3.05, 3.63) is 53.7 Å². The number of ether oxygens (including phenoxy) is 2. The van der Waals surface area contributed by atoms with Gasteiger partial charge in [-0.15, -0.1) is 0 Å². The second kappa shape index (κ2) is 9.03. The van der Waals surface area contributed by atoms with Crippen LogP contribution in [0.2, 0.25) is 5.02 Å². The summed E-state index contributed by atoms with van der Waals surface area (Å²) < 4.78 is 39.0. The van der Waals surface area contributed by atoms with Crippen molar-refractivity contribution in [2.45, 2.75) is 31.3 Å². The highest BCUT2D eigenvalue weighted by Crippen LogP contribution is 2.38. The summed E-state index contributed by atoms with van der Waals surface area (Å²) in [6, 6.07) is 11.5. The van der Waals surface area contributed by atoms with Gasteiger partial charge in [-0.05, 0) is 57.2 Å². The minimum atomic E-state index is -3.85. The molecule has 0 saturated carbocycles. The number of piperazine rings is 1. The van der Waals surface area contributed by atoms with Gasteiger partial charge in [0.2, 0.25) is 0 Å². The van der Waals surface area contributed by atoms with E-state index in [0.29, 0.717) is 42.5 Å². The van der Waals surface area contributed by atoms with Crippen molar-refractivity contribution in [3.8, 4) is 5.75 Å². The van der Waals surface area contributed by atoms with E-state index in [9.17, 15) is 13.2 Å². The van der Waals surface area contributed by atoms with E-state index in [2.05, 4.69) is 4.90 Å². The molecule has 1 amide bonds. The molecule has 10 heteroatoms. The first-order chi connectivity index (χ1) is 16.0. The lowest BCUT2D eigenvalue weighted by molar-refractivity contribution is 0.0240.